The topological polar surface area (TPSA) is 0 Å². The number of halogens is 1. The molecule has 0 aromatic heterocycles. The molecular weight excluding hydrogens is 384 g/mol. The van der Waals surface area contributed by atoms with Crippen LogP contribution in [0.4, 0.5) is 0 Å². The van der Waals surface area contributed by atoms with Crippen molar-refractivity contribution in [2.75, 3.05) is 0 Å². The van der Waals surface area contributed by atoms with Gasteiger partial charge in [-0.25, -0.2) is 0 Å². The van der Waals surface area contributed by atoms with Crippen molar-refractivity contribution in [3.05, 3.63) is 11.6 Å². The number of hydrogen-bond donors (Lipinski definition) is 0. The van der Waals surface area contributed by atoms with Crippen molar-refractivity contribution in [2.45, 2.75) is 118 Å². The highest BCUT2D eigenvalue weighted by Gasteiger charge is 2.59. The number of alkyl halides is 1. The second kappa shape index (κ2) is 8.76. The summed E-state index contributed by atoms with van der Waals surface area (Å²) in [6.07, 6.45) is 18.0. The average Bonchev–Trinajstić information content (AvgIpc) is 3.06. The molecule has 0 spiro atoms. The van der Waals surface area contributed by atoms with Gasteiger partial charge in [0, 0.05) is 5.38 Å². The van der Waals surface area contributed by atoms with E-state index in [2.05, 4.69) is 47.6 Å². The largest absolute Gasteiger partial charge is 0.123 e. The van der Waals surface area contributed by atoms with Gasteiger partial charge in [0.15, 0.2) is 0 Å². The quantitative estimate of drug-likeness (QED) is 0.289. The molecule has 30 heavy (non-hydrogen) atoms. The van der Waals surface area contributed by atoms with E-state index >= 15 is 0 Å². The van der Waals surface area contributed by atoms with Crippen LogP contribution in [-0.4, -0.2) is 5.38 Å². The Labute approximate surface area is 193 Å². The molecule has 0 nitrogen and oxygen atoms in total. The molecule has 4 aliphatic carbocycles. The van der Waals surface area contributed by atoms with E-state index in [1.165, 1.54) is 64.2 Å². The Hall–Kier alpha value is 0.0300. The van der Waals surface area contributed by atoms with E-state index in [-0.39, 0.29) is 0 Å². The maximum Gasteiger partial charge on any atom is 0.0373 e. The summed E-state index contributed by atoms with van der Waals surface area (Å²) < 4.78 is 0. The third kappa shape index (κ3) is 3.84. The number of hydrogen-bond acceptors (Lipinski definition) is 0. The van der Waals surface area contributed by atoms with Crippen molar-refractivity contribution >= 4 is 11.6 Å². The molecule has 172 valence electrons. The summed E-state index contributed by atoms with van der Waals surface area (Å²) in [5, 5.41) is 0.393. The lowest BCUT2D eigenvalue weighted by Crippen LogP contribution is -2.50. The lowest BCUT2D eigenvalue weighted by atomic mass is 9.47. The maximum atomic E-state index is 6.58. The molecule has 3 fully saturated rings. The van der Waals surface area contributed by atoms with Crippen molar-refractivity contribution in [3.63, 3.8) is 0 Å². The molecule has 0 aromatic rings. The number of allylic oxidation sites excluding steroid dienone is 2. The van der Waals surface area contributed by atoms with E-state index in [1.54, 1.807) is 5.57 Å². The van der Waals surface area contributed by atoms with Crippen LogP contribution in [0.15, 0.2) is 11.6 Å². The molecule has 0 bridgehead atoms. The van der Waals surface area contributed by atoms with Gasteiger partial charge >= 0.3 is 0 Å². The average molecular weight is 433 g/mol. The van der Waals surface area contributed by atoms with Crippen molar-refractivity contribution < 1.29 is 0 Å². The van der Waals surface area contributed by atoms with Crippen LogP contribution in [0.1, 0.15) is 112 Å². The van der Waals surface area contributed by atoms with Gasteiger partial charge in [-0.2, -0.15) is 0 Å². The Bertz CT molecular complexity index is 634. The normalized spacial score (nSPS) is 45.3. The van der Waals surface area contributed by atoms with Crippen LogP contribution in [0.3, 0.4) is 0 Å². The smallest absolute Gasteiger partial charge is 0.0373 e. The van der Waals surface area contributed by atoms with Gasteiger partial charge in [-0.05, 0) is 110 Å². The molecule has 4 rings (SSSR count). The van der Waals surface area contributed by atoms with Crippen LogP contribution in [0.5, 0.6) is 0 Å². The molecular formula is C29H49Cl. The van der Waals surface area contributed by atoms with Gasteiger partial charge in [-0.3, -0.25) is 0 Å². The molecule has 0 N–H and O–H groups in total. The highest BCUT2D eigenvalue weighted by Crippen LogP contribution is 2.67. The molecule has 1 heteroatoms. The van der Waals surface area contributed by atoms with Crippen LogP contribution in [0.25, 0.3) is 0 Å². The minimum Gasteiger partial charge on any atom is -0.123 e. The molecule has 9 atom stereocenters. The summed E-state index contributed by atoms with van der Waals surface area (Å²) in [7, 11) is 0. The molecule has 4 aliphatic rings. The molecule has 0 radical (unpaired) electrons. The number of rotatable bonds is 6. The monoisotopic (exact) mass is 432 g/mol. The first kappa shape index (κ1) is 23.2. The highest BCUT2D eigenvalue weighted by atomic mass is 35.5. The summed E-state index contributed by atoms with van der Waals surface area (Å²) in [6.45, 7) is 15.2. The standard InChI is InChI=1S/C29H49Cl/c1-7-21(19(2)3)9-8-20(4)25-12-13-26-24-11-10-22-18-23(30)14-16-28(22,5)27(24)15-17-29(25,26)6/h10,19-21,23-27H,7-9,11-18H2,1-6H3/t20-,21?,23?,24?,25-,26?,27?,28+,29-/m1/s1. The molecule has 0 aromatic carbocycles. The Morgan fingerprint density at radius 3 is 2.47 bits per heavy atom. The molecule has 0 heterocycles. The van der Waals surface area contributed by atoms with Crippen molar-refractivity contribution in [1.82, 2.24) is 0 Å². The van der Waals surface area contributed by atoms with E-state index < -0.39 is 0 Å². The van der Waals surface area contributed by atoms with Crippen LogP contribution < -0.4 is 0 Å². The lowest BCUT2D eigenvalue weighted by molar-refractivity contribution is -0.0501. The second-order valence-electron chi connectivity index (χ2n) is 12.8. The summed E-state index contributed by atoms with van der Waals surface area (Å²) in [4.78, 5) is 0. The van der Waals surface area contributed by atoms with Crippen LogP contribution in [-0.2, 0) is 0 Å². The predicted octanol–water partition coefficient (Wildman–Crippen LogP) is 9.27. The van der Waals surface area contributed by atoms with Gasteiger partial charge in [0.2, 0.25) is 0 Å². The van der Waals surface area contributed by atoms with Crippen molar-refractivity contribution in [3.8, 4) is 0 Å². The van der Waals surface area contributed by atoms with Gasteiger partial charge in [0.05, 0.1) is 0 Å². The van der Waals surface area contributed by atoms with Gasteiger partial charge < -0.3 is 0 Å². The van der Waals surface area contributed by atoms with E-state index in [4.69, 9.17) is 11.6 Å². The first-order valence-corrected chi connectivity index (χ1v) is 14.0. The van der Waals surface area contributed by atoms with Gasteiger partial charge in [0.25, 0.3) is 0 Å². The Morgan fingerprint density at radius 2 is 1.77 bits per heavy atom. The zero-order valence-electron chi connectivity index (χ0n) is 20.9. The lowest BCUT2D eigenvalue weighted by Gasteiger charge is -2.58. The predicted molar refractivity (Wildman–Crippen MR) is 132 cm³/mol. The first-order valence-electron chi connectivity index (χ1n) is 13.5. The zero-order valence-corrected chi connectivity index (χ0v) is 21.6. The van der Waals surface area contributed by atoms with Gasteiger partial charge in [-0.1, -0.05) is 66.0 Å². The highest BCUT2D eigenvalue weighted by molar-refractivity contribution is 6.20. The maximum absolute atomic E-state index is 6.58. The first-order chi connectivity index (χ1) is 14.2. The summed E-state index contributed by atoms with van der Waals surface area (Å²) in [6, 6.07) is 0. The Kier molecular flexibility index (Phi) is 6.77. The van der Waals surface area contributed by atoms with Crippen molar-refractivity contribution in [1.29, 1.82) is 0 Å². The van der Waals surface area contributed by atoms with Crippen LogP contribution in [0.2, 0.25) is 0 Å². The SMILES string of the molecule is CCC(CC[C@@H](C)[C@H]1CCC2C3CC=C4CC(Cl)CC[C@]4(C)C3CC[C@@]21C)C(C)C. The van der Waals surface area contributed by atoms with E-state index in [0.717, 1.165) is 47.8 Å². The van der Waals surface area contributed by atoms with E-state index in [1.807, 2.05) is 0 Å². The van der Waals surface area contributed by atoms with Crippen LogP contribution >= 0.6 is 11.6 Å². The molecule has 0 amide bonds. The van der Waals surface area contributed by atoms with Crippen molar-refractivity contribution in [2.24, 2.45) is 52.3 Å². The Morgan fingerprint density at radius 1 is 1.00 bits per heavy atom. The van der Waals surface area contributed by atoms with E-state index in [0.29, 0.717) is 16.2 Å². The minimum atomic E-state index is 0.393. The second-order valence-corrected chi connectivity index (χ2v) is 13.4. The summed E-state index contributed by atoms with van der Waals surface area (Å²) in [5.74, 6) is 6.48. The van der Waals surface area contributed by atoms with Gasteiger partial charge in [-0.15, -0.1) is 11.6 Å². The Balaban J connectivity index is 1.47. The van der Waals surface area contributed by atoms with Gasteiger partial charge in [0.1, 0.15) is 0 Å². The fourth-order valence-electron chi connectivity index (χ4n) is 9.28. The number of fused-ring (bicyclic) bond motifs is 5. The molecule has 3 saturated carbocycles. The van der Waals surface area contributed by atoms with Crippen LogP contribution in [0, 0.1) is 52.3 Å². The summed E-state index contributed by atoms with van der Waals surface area (Å²) >= 11 is 6.58. The zero-order chi connectivity index (χ0) is 21.7. The fraction of sp³-hybridized carbons (Fsp3) is 0.931. The third-order valence-electron chi connectivity index (χ3n) is 11.3. The third-order valence-corrected chi connectivity index (χ3v) is 11.6. The minimum absolute atomic E-state index is 0.393. The molecule has 0 aliphatic heterocycles. The molecule has 0 saturated heterocycles. The summed E-state index contributed by atoms with van der Waals surface area (Å²) in [5.41, 5.74) is 2.80. The fourth-order valence-corrected chi connectivity index (χ4v) is 9.55. The van der Waals surface area contributed by atoms with E-state index in [9.17, 15) is 0 Å². The molecule has 5 unspecified atom stereocenters.